The van der Waals surface area contributed by atoms with Crippen LogP contribution in [0, 0.1) is 0 Å². The molecule has 1 unspecified atom stereocenters. The summed E-state index contributed by atoms with van der Waals surface area (Å²) in [5, 5.41) is 1.16. The number of likely N-dealkylation sites (tertiary alicyclic amines) is 1. The van der Waals surface area contributed by atoms with Gasteiger partial charge in [0.05, 0.1) is 16.1 Å². The number of halogens is 2. The Bertz CT molecular complexity index is 448. The van der Waals surface area contributed by atoms with Crippen molar-refractivity contribution in [2.24, 2.45) is 5.73 Å². The van der Waals surface area contributed by atoms with Crippen LogP contribution in [0.2, 0.25) is 10.0 Å². The molecular formula is C16H24Cl2N2O. The molecule has 0 bridgehead atoms. The van der Waals surface area contributed by atoms with E-state index in [4.69, 9.17) is 33.7 Å². The first-order valence-electron chi connectivity index (χ1n) is 7.65. The summed E-state index contributed by atoms with van der Waals surface area (Å²) in [6.45, 7) is 6.02. The van der Waals surface area contributed by atoms with Gasteiger partial charge in [-0.15, -0.1) is 0 Å². The molecule has 0 amide bonds. The molecule has 1 heterocycles. The van der Waals surface area contributed by atoms with E-state index in [-0.39, 0.29) is 6.04 Å². The van der Waals surface area contributed by atoms with Gasteiger partial charge in [-0.25, -0.2) is 0 Å². The predicted molar refractivity (Wildman–Crippen MR) is 89.1 cm³/mol. The Morgan fingerprint density at radius 2 is 2.05 bits per heavy atom. The lowest BCUT2D eigenvalue weighted by Crippen LogP contribution is -2.38. The highest BCUT2D eigenvalue weighted by Gasteiger charge is 2.20. The van der Waals surface area contributed by atoms with Crippen molar-refractivity contribution in [3.8, 4) is 0 Å². The molecule has 1 aliphatic rings. The Morgan fingerprint density at radius 1 is 1.33 bits per heavy atom. The Kier molecular flexibility index (Phi) is 6.77. The molecule has 1 fully saturated rings. The molecule has 1 aromatic rings. The zero-order valence-corrected chi connectivity index (χ0v) is 14.0. The fourth-order valence-corrected chi connectivity index (χ4v) is 3.27. The fraction of sp³-hybridized carbons (Fsp3) is 0.625. The van der Waals surface area contributed by atoms with Gasteiger partial charge in [0.25, 0.3) is 0 Å². The number of hydrogen-bond acceptors (Lipinski definition) is 3. The fourth-order valence-electron chi connectivity index (χ4n) is 2.82. The van der Waals surface area contributed by atoms with Crippen LogP contribution in [-0.4, -0.2) is 37.2 Å². The Hall–Kier alpha value is -0.320. The number of benzene rings is 1. The lowest BCUT2D eigenvalue weighted by molar-refractivity contribution is 0.0138. The van der Waals surface area contributed by atoms with Crippen LogP contribution in [-0.2, 0) is 4.74 Å². The molecule has 5 heteroatoms. The van der Waals surface area contributed by atoms with Crippen LogP contribution >= 0.6 is 23.2 Å². The molecule has 118 valence electrons. The number of ether oxygens (including phenoxy) is 1. The van der Waals surface area contributed by atoms with Crippen LogP contribution in [0.15, 0.2) is 18.2 Å². The van der Waals surface area contributed by atoms with Crippen LogP contribution in [0.4, 0.5) is 0 Å². The van der Waals surface area contributed by atoms with Gasteiger partial charge in [0.15, 0.2) is 0 Å². The number of nitrogens with zero attached hydrogens (tertiary/aromatic N) is 1. The van der Waals surface area contributed by atoms with E-state index in [1.807, 2.05) is 12.1 Å². The van der Waals surface area contributed by atoms with E-state index in [2.05, 4.69) is 11.8 Å². The minimum absolute atomic E-state index is 0.0687. The molecule has 3 nitrogen and oxygen atoms in total. The van der Waals surface area contributed by atoms with E-state index in [1.165, 1.54) is 0 Å². The molecule has 0 spiro atoms. The molecule has 1 aliphatic heterocycles. The van der Waals surface area contributed by atoms with Crippen LogP contribution in [0.1, 0.15) is 37.8 Å². The van der Waals surface area contributed by atoms with Crippen molar-refractivity contribution in [1.82, 2.24) is 4.90 Å². The maximum atomic E-state index is 6.26. The van der Waals surface area contributed by atoms with Crippen LogP contribution in [0.25, 0.3) is 0 Å². The highest BCUT2D eigenvalue weighted by atomic mass is 35.5. The van der Waals surface area contributed by atoms with Gasteiger partial charge < -0.3 is 15.4 Å². The highest BCUT2D eigenvalue weighted by molar-refractivity contribution is 6.42. The number of hydrogen-bond donors (Lipinski definition) is 1. The minimum atomic E-state index is -0.0687. The van der Waals surface area contributed by atoms with Gasteiger partial charge in [-0.1, -0.05) is 35.3 Å². The summed E-state index contributed by atoms with van der Waals surface area (Å²) >= 11 is 12.3. The predicted octanol–water partition coefficient (Wildman–Crippen LogP) is 3.88. The zero-order valence-electron chi connectivity index (χ0n) is 12.5. The van der Waals surface area contributed by atoms with Crippen LogP contribution < -0.4 is 5.73 Å². The summed E-state index contributed by atoms with van der Waals surface area (Å²) in [6, 6.07) is 5.58. The number of nitrogens with two attached hydrogens (primary N) is 1. The topological polar surface area (TPSA) is 38.5 Å². The quantitative estimate of drug-likeness (QED) is 0.860. The SMILES string of the molecule is CCOC1CCN(CCC(N)c2cccc(Cl)c2Cl)CC1. The Morgan fingerprint density at radius 3 is 2.71 bits per heavy atom. The van der Waals surface area contributed by atoms with Crippen LogP contribution in [0.5, 0.6) is 0 Å². The average Bonchev–Trinajstić information content (AvgIpc) is 2.49. The van der Waals surface area contributed by atoms with Crippen molar-refractivity contribution in [2.45, 2.75) is 38.3 Å². The first kappa shape index (κ1) is 17.0. The summed E-state index contributed by atoms with van der Waals surface area (Å²) in [6.07, 6.45) is 3.55. The normalized spacial score (nSPS) is 18.9. The summed E-state index contributed by atoms with van der Waals surface area (Å²) in [5.74, 6) is 0. The third-order valence-electron chi connectivity index (χ3n) is 4.07. The Labute approximate surface area is 137 Å². The van der Waals surface area contributed by atoms with E-state index in [1.54, 1.807) is 6.07 Å². The molecule has 1 saturated heterocycles. The van der Waals surface area contributed by atoms with E-state index in [0.717, 1.165) is 51.1 Å². The third-order valence-corrected chi connectivity index (χ3v) is 4.91. The van der Waals surface area contributed by atoms with Crippen molar-refractivity contribution in [3.05, 3.63) is 33.8 Å². The standard InChI is InChI=1S/C16H24Cl2N2O/c1-2-21-12-6-9-20(10-7-12)11-8-15(19)13-4-3-5-14(17)16(13)18/h3-5,12,15H,2,6-11,19H2,1H3. The number of piperidine rings is 1. The van der Waals surface area contributed by atoms with Gasteiger partial charge in [0, 0.05) is 25.7 Å². The molecule has 2 N–H and O–H groups in total. The van der Waals surface area contributed by atoms with E-state index < -0.39 is 0 Å². The summed E-state index contributed by atoms with van der Waals surface area (Å²) in [4.78, 5) is 2.45. The molecule has 1 aromatic carbocycles. The highest BCUT2D eigenvalue weighted by Crippen LogP contribution is 2.30. The average molecular weight is 331 g/mol. The van der Waals surface area contributed by atoms with Gasteiger partial charge in [-0.2, -0.15) is 0 Å². The minimum Gasteiger partial charge on any atom is -0.378 e. The second-order valence-corrected chi connectivity index (χ2v) is 6.32. The molecule has 2 rings (SSSR count). The van der Waals surface area contributed by atoms with Gasteiger partial charge in [-0.3, -0.25) is 0 Å². The van der Waals surface area contributed by atoms with Crippen molar-refractivity contribution < 1.29 is 4.74 Å². The summed E-state index contributed by atoms with van der Waals surface area (Å²) in [7, 11) is 0. The molecule has 21 heavy (non-hydrogen) atoms. The maximum Gasteiger partial charge on any atom is 0.0640 e. The second-order valence-electron chi connectivity index (χ2n) is 5.53. The van der Waals surface area contributed by atoms with Gasteiger partial charge in [-0.05, 0) is 44.4 Å². The van der Waals surface area contributed by atoms with Gasteiger partial charge >= 0.3 is 0 Å². The van der Waals surface area contributed by atoms with Crippen LogP contribution in [0.3, 0.4) is 0 Å². The lowest BCUT2D eigenvalue weighted by atomic mass is 10.0. The van der Waals surface area contributed by atoms with Crippen molar-refractivity contribution in [1.29, 1.82) is 0 Å². The zero-order chi connectivity index (χ0) is 15.2. The van der Waals surface area contributed by atoms with Gasteiger partial charge in [0.1, 0.15) is 0 Å². The summed E-state index contributed by atoms with van der Waals surface area (Å²) < 4.78 is 5.67. The first-order chi connectivity index (χ1) is 10.1. The molecular weight excluding hydrogens is 307 g/mol. The second kappa shape index (κ2) is 8.35. The van der Waals surface area contributed by atoms with Crippen molar-refractivity contribution >= 4 is 23.2 Å². The monoisotopic (exact) mass is 330 g/mol. The van der Waals surface area contributed by atoms with Gasteiger partial charge in [0.2, 0.25) is 0 Å². The third kappa shape index (κ3) is 4.83. The van der Waals surface area contributed by atoms with E-state index in [9.17, 15) is 0 Å². The molecule has 0 aliphatic carbocycles. The van der Waals surface area contributed by atoms with Crippen molar-refractivity contribution in [3.63, 3.8) is 0 Å². The largest absolute Gasteiger partial charge is 0.378 e. The maximum absolute atomic E-state index is 6.26. The summed E-state index contributed by atoms with van der Waals surface area (Å²) in [5.41, 5.74) is 7.20. The van der Waals surface area contributed by atoms with Crippen molar-refractivity contribution in [2.75, 3.05) is 26.2 Å². The number of rotatable bonds is 6. The Balaban J connectivity index is 1.79. The molecule has 0 saturated carbocycles. The first-order valence-corrected chi connectivity index (χ1v) is 8.40. The van der Waals surface area contributed by atoms with E-state index in [0.29, 0.717) is 16.1 Å². The molecule has 0 radical (unpaired) electrons. The molecule has 0 aromatic heterocycles. The van der Waals surface area contributed by atoms with E-state index >= 15 is 0 Å². The smallest absolute Gasteiger partial charge is 0.0640 e. The molecule has 1 atom stereocenters. The lowest BCUT2D eigenvalue weighted by Gasteiger charge is -2.32.